The summed E-state index contributed by atoms with van der Waals surface area (Å²) in [6, 6.07) is 6.23. The molecule has 128 valence electrons. The van der Waals surface area contributed by atoms with Gasteiger partial charge in [-0.2, -0.15) is 5.10 Å². The first-order valence-corrected chi connectivity index (χ1v) is 8.02. The Morgan fingerprint density at radius 3 is 2.58 bits per heavy atom. The topological polar surface area (TPSA) is 84.2 Å². The number of aromatic nitrogens is 2. The van der Waals surface area contributed by atoms with Crippen molar-refractivity contribution < 1.29 is 14.7 Å². The number of carboxylic acids is 1. The molecule has 2 rings (SSSR count). The molecule has 24 heavy (non-hydrogen) atoms. The minimum Gasteiger partial charge on any atom is -0.480 e. The van der Waals surface area contributed by atoms with E-state index < -0.39 is 17.9 Å². The van der Waals surface area contributed by atoms with Gasteiger partial charge >= 0.3 is 5.97 Å². The van der Waals surface area contributed by atoms with E-state index in [0.717, 1.165) is 0 Å². The Bertz CT molecular complexity index is 755. The minimum atomic E-state index is -1.05. The number of carboxylic acid groups (broad SMARTS) is 1. The van der Waals surface area contributed by atoms with Gasteiger partial charge in [0.2, 0.25) is 0 Å². The van der Waals surface area contributed by atoms with Crippen LogP contribution in [0, 0.1) is 12.8 Å². The fourth-order valence-electron chi connectivity index (χ4n) is 2.43. The van der Waals surface area contributed by atoms with E-state index in [9.17, 15) is 14.7 Å². The van der Waals surface area contributed by atoms with Crippen molar-refractivity contribution in [2.75, 3.05) is 0 Å². The van der Waals surface area contributed by atoms with Gasteiger partial charge in [0.25, 0.3) is 5.91 Å². The van der Waals surface area contributed by atoms with Gasteiger partial charge in [0.15, 0.2) is 0 Å². The molecule has 1 atom stereocenters. The lowest BCUT2D eigenvalue weighted by molar-refractivity contribution is -0.139. The molecule has 0 saturated heterocycles. The molecule has 6 nitrogen and oxygen atoms in total. The van der Waals surface area contributed by atoms with E-state index in [-0.39, 0.29) is 5.92 Å². The average Bonchev–Trinajstić information content (AvgIpc) is 2.88. The zero-order valence-electron chi connectivity index (χ0n) is 13.8. The van der Waals surface area contributed by atoms with Gasteiger partial charge in [0.05, 0.1) is 28.2 Å². The van der Waals surface area contributed by atoms with Crippen molar-refractivity contribution in [3.8, 4) is 5.69 Å². The number of halogens is 1. The normalized spacial score (nSPS) is 12.2. The number of para-hydroxylation sites is 1. The summed E-state index contributed by atoms with van der Waals surface area (Å²) in [5.74, 6) is -1.36. The molecule has 1 amide bonds. The molecule has 2 N–H and O–H groups in total. The number of benzene rings is 1. The van der Waals surface area contributed by atoms with Crippen molar-refractivity contribution in [1.82, 2.24) is 15.1 Å². The summed E-state index contributed by atoms with van der Waals surface area (Å²) in [4.78, 5) is 23.7. The second kappa shape index (κ2) is 7.49. The minimum absolute atomic E-state index is 0.151. The number of nitrogens with one attached hydrogen (secondary N) is 1. The molecule has 0 radical (unpaired) electrons. The van der Waals surface area contributed by atoms with Crippen LogP contribution in [0.5, 0.6) is 0 Å². The fraction of sp³-hybridized carbons (Fsp3) is 0.353. The fourth-order valence-corrected chi connectivity index (χ4v) is 2.64. The number of hydrogen-bond donors (Lipinski definition) is 2. The highest BCUT2D eigenvalue weighted by Gasteiger charge is 2.24. The van der Waals surface area contributed by atoms with Gasteiger partial charge in [-0.1, -0.05) is 37.6 Å². The predicted molar refractivity (Wildman–Crippen MR) is 91.7 cm³/mol. The summed E-state index contributed by atoms with van der Waals surface area (Å²) in [6.45, 7) is 5.55. The van der Waals surface area contributed by atoms with Crippen molar-refractivity contribution in [1.29, 1.82) is 0 Å². The summed E-state index contributed by atoms with van der Waals surface area (Å²) < 4.78 is 1.56. The number of carbonyl (C=O) groups excluding carboxylic acids is 1. The van der Waals surface area contributed by atoms with E-state index in [1.807, 2.05) is 26.0 Å². The summed E-state index contributed by atoms with van der Waals surface area (Å²) in [5, 5.41) is 16.5. The Balaban J connectivity index is 2.26. The molecule has 7 heteroatoms. The van der Waals surface area contributed by atoms with Crippen LogP contribution in [0.2, 0.25) is 5.02 Å². The molecule has 2 aromatic rings. The second-order valence-electron chi connectivity index (χ2n) is 6.00. The molecule has 0 bridgehead atoms. The van der Waals surface area contributed by atoms with Gasteiger partial charge < -0.3 is 10.4 Å². The zero-order valence-corrected chi connectivity index (χ0v) is 14.5. The van der Waals surface area contributed by atoms with Crippen LogP contribution in [0.1, 0.15) is 36.3 Å². The number of aliphatic carboxylic acids is 1. The summed E-state index contributed by atoms with van der Waals surface area (Å²) in [7, 11) is 0. The maximum Gasteiger partial charge on any atom is 0.326 e. The van der Waals surface area contributed by atoms with Gasteiger partial charge in [-0.3, -0.25) is 4.79 Å². The lowest BCUT2D eigenvalue weighted by atomic mass is 10.0. The highest BCUT2D eigenvalue weighted by Crippen LogP contribution is 2.22. The summed E-state index contributed by atoms with van der Waals surface area (Å²) >= 11 is 6.16. The Hall–Kier alpha value is -2.34. The van der Waals surface area contributed by atoms with Crippen LogP contribution in [-0.2, 0) is 4.79 Å². The molecule has 1 unspecified atom stereocenters. The van der Waals surface area contributed by atoms with Crippen LogP contribution in [0.4, 0.5) is 0 Å². The Labute approximate surface area is 145 Å². The molecular formula is C17H20ClN3O3. The zero-order chi connectivity index (χ0) is 17.9. The van der Waals surface area contributed by atoms with Crippen molar-refractivity contribution in [3.63, 3.8) is 0 Å². The first-order chi connectivity index (χ1) is 11.3. The maximum absolute atomic E-state index is 12.4. The molecule has 0 aliphatic rings. The Morgan fingerprint density at radius 2 is 2.00 bits per heavy atom. The van der Waals surface area contributed by atoms with Crippen molar-refractivity contribution in [3.05, 3.63) is 46.7 Å². The number of hydrogen-bond acceptors (Lipinski definition) is 3. The summed E-state index contributed by atoms with van der Waals surface area (Å²) in [6.07, 6.45) is 1.78. The molecule has 1 aromatic heterocycles. The standard InChI is InChI=1S/C17H20ClN3O3/c1-10(2)8-14(17(23)24)20-16(22)12-9-19-21(11(12)3)15-7-5-4-6-13(15)18/h4-7,9-10,14H,8H2,1-3H3,(H,20,22)(H,23,24). The van der Waals surface area contributed by atoms with Crippen molar-refractivity contribution in [2.24, 2.45) is 5.92 Å². The van der Waals surface area contributed by atoms with Gasteiger partial charge in [-0.15, -0.1) is 0 Å². The largest absolute Gasteiger partial charge is 0.480 e. The SMILES string of the molecule is Cc1c(C(=O)NC(CC(C)C)C(=O)O)cnn1-c1ccccc1Cl. The third-order valence-electron chi connectivity index (χ3n) is 3.65. The van der Waals surface area contributed by atoms with E-state index in [2.05, 4.69) is 10.4 Å². The molecular weight excluding hydrogens is 330 g/mol. The monoisotopic (exact) mass is 349 g/mol. The van der Waals surface area contributed by atoms with Gasteiger partial charge in [0.1, 0.15) is 6.04 Å². The molecule has 0 aliphatic carbocycles. The lowest BCUT2D eigenvalue weighted by Gasteiger charge is -2.16. The molecule has 0 fully saturated rings. The highest BCUT2D eigenvalue weighted by atomic mass is 35.5. The van der Waals surface area contributed by atoms with Crippen LogP contribution in [-0.4, -0.2) is 32.8 Å². The first kappa shape index (κ1) is 18.0. The Kier molecular flexibility index (Phi) is 5.62. The van der Waals surface area contributed by atoms with E-state index >= 15 is 0 Å². The van der Waals surface area contributed by atoms with E-state index in [1.54, 1.807) is 23.7 Å². The highest BCUT2D eigenvalue weighted by molar-refractivity contribution is 6.32. The maximum atomic E-state index is 12.4. The van der Waals surface area contributed by atoms with Gasteiger partial charge in [0, 0.05) is 0 Å². The third kappa shape index (κ3) is 3.94. The number of carbonyl (C=O) groups is 2. The number of amides is 1. The van der Waals surface area contributed by atoms with Crippen LogP contribution in [0.3, 0.4) is 0 Å². The van der Waals surface area contributed by atoms with Crippen molar-refractivity contribution >= 4 is 23.5 Å². The molecule has 1 aromatic carbocycles. The summed E-state index contributed by atoms with van der Waals surface area (Å²) in [5.41, 5.74) is 1.58. The second-order valence-corrected chi connectivity index (χ2v) is 6.41. The van der Waals surface area contributed by atoms with Crippen LogP contribution in [0.25, 0.3) is 5.69 Å². The number of nitrogens with zero attached hydrogens (tertiary/aromatic N) is 2. The van der Waals surface area contributed by atoms with Gasteiger partial charge in [-0.25, -0.2) is 9.48 Å². The molecule has 0 spiro atoms. The smallest absolute Gasteiger partial charge is 0.326 e. The average molecular weight is 350 g/mol. The predicted octanol–water partition coefficient (Wildman–Crippen LogP) is 3.06. The molecule has 1 heterocycles. The molecule has 0 saturated carbocycles. The van der Waals surface area contributed by atoms with Crippen LogP contribution < -0.4 is 5.32 Å². The quantitative estimate of drug-likeness (QED) is 0.839. The van der Waals surface area contributed by atoms with E-state index in [1.165, 1.54) is 6.20 Å². The van der Waals surface area contributed by atoms with Crippen molar-refractivity contribution in [2.45, 2.75) is 33.2 Å². The first-order valence-electron chi connectivity index (χ1n) is 7.64. The lowest BCUT2D eigenvalue weighted by Crippen LogP contribution is -2.41. The van der Waals surface area contributed by atoms with Gasteiger partial charge in [-0.05, 0) is 31.4 Å². The molecule has 0 aliphatic heterocycles. The van der Waals surface area contributed by atoms with Crippen LogP contribution >= 0.6 is 11.6 Å². The third-order valence-corrected chi connectivity index (χ3v) is 3.97. The number of rotatable bonds is 6. The van der Waals surface area contributed by atoms with Crippen LogP contribution in [0.15, 0.2) is 30.5 Å². The van der Waals surface area contributed by atoms with E-state index in [4.69, 9.17) is 11.6 Å². The Morgan fingerprint density at radius 1 is 1.33 bits per heavy atom. The van der Waals surface area contributed by atoms with E-state index in [0.29, 0.717) is 28.4 Å².